The molecule has 4 heteroatoms. The van der Waals surface area contributed by atoms with Crippen molar-refractivity contribution in [1.82, 2.24) is 5.32 Å². The predicted molar refractivity (Wildman–Crippen MR) is 43.2 cm³/mol. The second-order valence-corrected chi connectivity index (χ2v) is 2.52. The van der Waals surface area contributed by atoms with E-state index in [1.165, 1.54) is 0 Å². The smallest absolute Gasteiger partial charge is 0.222 e. The molecule has 0 aromatic rings. The summed E-state index contributed by atoms with van der Waals surface area (Å²) < 4.78 is 4.73. The number of nitrogens with two attached hydrogens (primary N) is 1. The van der Waals surface area contributed by atoms with Crippen LogP contribution in [-0.4, -0.2) is 32.2 Å². The molecule has 1 unspecified atom stereocenters. The molecule has 0 bridgehead atoms. The summed E-state index contributed by atoms with van der Waals surface area (Å²) in [6.45, 7) is 2.84. The highest BCUT2D eigenvalue weighted by atomic mass is 16.5. The van der Waals surface area contributed by atoms with Crippen LogP contribution in [0.1, 0.15) is 13.3 Å². The quantitative estimate of drug-likeness (QED) is 0.569. The van der Waals surface area contributed by atoms with Crippen LogP contribution in [0.4, 0.5) is 0 Å². The minimum absolute atomic E-state index is 0.0100. The van der Waals surface area contributed by atoms with Crippen LogP contribution in [0.3, 0.4) is 0 Å². The van der Waals surface area contributed by atoms with Crippen LogP contribution < -0.4 is 11.1 Å². The molecule has 0 radical (unpaired) electrons. The number of ether oxygens (including phenoxy) is 1. The van der Waals surface area contributed by atoms with E-state index in [4.69, 9.17) is 10.5 Å². The second kappa shape index (κ2) is 6.12. The highest BCUT2D eigenvalue weighted by Gasteiger charge is 2.00. The lowest BCUT2D eigenvalue weighted by Gasteiger charge is -2.06. The zero-order valence-electron chi connectivity index (χ0n) is 7.09. The Morgan fingerprint density at radius 3 is 2.82 bits per heavy atom. The van der Waals surface area contributed by atoms with Crippen LogP contribution in [-0.2, 0) is 9.53 Å². The van der Waals surface area contributed by atoms with Gasteiger partial charge in [0.05, 0.1) is 6.61 Å². The summed E-state index contributed by atoms with van der Waals surface area (Å²) >= 11 is 0. The van der Waals surface area contributed by atoms with Gasteiger partial charge in [-0.3, -0.25) is 4.79 Å². The largest absolute Gasteiger partial charge is 0.384 e. The fraction of sp³-hybridized carbons (Fsp3) is 0.857. The number of carbonyl (C=O) groups excluding carboxylic acids is 1. The molecule has 66 valence electrons. The topological polar surface area (TPSA) is 64.3 Å². The lowest BCUT2D eigenvalue weighted by Crippen LogP contribution is -2.35. The zero-order chi connectivity index (χ0) is 8.69. The summed E-state index contributed by atoms with van der Waals surface area (Å²) in [5, 5.41) is 2.67. The Morgan fingerprint density at radius 1 is 1.73 bits per heavy atom. The third-order valence-electron chi connectivity index (χ3n) is 1.15. The summed E-state index contributed by atoms with van der Waals surface area (Å²) in [6.07, 6.45) is 0.406. The minimum atomic E-state index is -0.0100. The molecule has 0 saturated carbocycles. The van der Waals surface area contributed by atoms with Gasteiger partial charge in [0.15, 0.2) is 0 Å². The Morgan fingerprint density at radius 2 is 2.36 bits per heavy atom. The number of carbonyl (C=O) groups is 1. The Bertz CT molecular complexity index is 115. The van der Waals surface area contributed by atoms with Crippen molar-refractivity contribution in [2.75, 3.05) is 20.3 Å². The molecular weight excluding hydrogens is 144 g/mol. The van der Waals surface area contributed by atoms with E-state index >= 15 is 0 Å². The van der Waals surface area contributed by atoms with Crippen LogP contribution in [0.2, 0.25) is 0 Å². The van der Waals surface area contributed by atoms with Gasteiger partial charge in [-0.15, -0.1) is 0 Å². The SMILES string of the molecule is COCCC(=O)NCC(C)N. The van der Waals surface area contributed by atoms with E-state index in [0.717, 1.165) is 0 Å². The van der Waals surface area contributed by atoms with E-state index in [9.17, 15) is 4.79 Å². The maximum absolute atomic E-state index is 10.9. The van der Waals surface area contributed by atoms with Crippen molar-refractivity contribution in [3.8, 4) is 0 Å². The molecule has 3 N–H and O–H groups in total. The van der Waals surface area contributed by atoms with E-state index in [0.29, 0.717) is 19.6 Å². The van der Waals surface area contributed by atoms with Crippen molar-refractivity contribution in [3.05, 3.63) is 0 Å². The second-order valence-electron chi connectivity index (χ2n) is 2.52. The van der Waals surface area contributed by atoms with Gasteiger partial charge >= 0.3 is 0 Å². The van der Waals surface area contributed by atoms with Gasteiger partial charge < -0.3 is 15.8 Å². The number of hydrogen-bond donors (Lipinski definition) is 2. The Labute approximate surface area is 67.1 Å². The standard InChI is InChI=1S/C7H16N2O2/c1-6(8)5-9-7(10)3-4-11-2/h6H,3-5,8H2,1-2H3,(H,9,10). The molecule has 0 aliphatic heterocycles. The third kappa shape index (κ3) is 7.29. The molecule has 0 rings (SSSR count). The van der Waals surface area contributed by atoms with Gasteiger partial charge in [-0.25, -0.2) is 0 Å². The van der Waals surface area contributed by atoms with Gasteiger partial charge in [0.1, 0.15) is 0 Å². The monoisotopic (exact) mass is 160 g/mol. The Balaban J connectivity index is 3.23. The maximum Gasteiger partial charge on any atom is 0.222 e. The maximum atomic E-state index is 10.9. The third-order valence-corrected chi connectivity index (χ3v) is 1.15. The fourth-order valence-electron chi connectivity index (χ4n) is 0.558. The molecule has 0 fully saturated rings. The first-order valence-electron chi connectivity index (χ1n) is 3.68. The molecule has 0 spiro atoms. The normalized spacial score (nSPS) is 12.6. The van der Waals surface area contributed by atoms with Crippen LogP contribution in [0, 0.1) is 0 Å². The highest BCUT2D eigenvalue weighted by molar-refractivity contribution is 5.75. The van der Waals surface area contributed by atoms with Gasteiger partial charge in [-0.05, 0) is 6.92 Å². The number of nitrogens with one attached hydrogen (secondary N) is 1. The summed E-state index contributed by atoms with van der Waals surface area (Å²) in [5.74, 6) is -0.0100. The van der Waals surface area contributed by atoms with Crippen molar-refractivity contribution in [2.45, 2.75) is 19.4 Å². The first-order valence-corrected chi connectivity index (χ1v) is 3.68. The van der Waals surface area contributed by atoms with E-state index in [1.807, 2.05) is 6.92 Å². The van der Waals surface area contributed by atoms with Gasteiger partial charge in [0, 0.05) is 26.1 Å². The first-order chi connectivity index (χ1) is 5.16. The summed E-state index contributed by atoms with van der Waals surface area (Å²) in [5.41, 5.74) is 5.42. The number of hydrogen-bond acceptors (Lipinski definition) is 3. The van der Waals surface area contributed by atoms with Gasteiger partial charge in [-0.1, -0.05) is 0 Å². The van der Waals surface area contributed by atoms with E-state index in [2.05, 4.69) is 5.32 Å². The molecule has 11 heavy (non-hydrogen) atoms. The van der Waals surface area contributed by atoms with Crippen molar-refractivity contribution < 1.29 is 9.53 Å². The zero-order valence-corrected chi connectivity index (χ0v) is 7.09. The fourth-order valence-corrected chi connectivity index (χ4v) is 0.558. The molecule has 0 aromatic carbocycles. The van der Waals surface area contributed by atoms with Crippen LogP contribution in [0.5, 0.6) is 0 Å². The molecular formula is C7H16N2O2. The molecule has 0 saturated heterocycles. The average molecular weight is 160 g/mol. The van der Waals surface area contributed by atoms with Crippen LogP contribution >= 0.6 is 0 Å². The number of methoxy groups -OCH3 is 1. The van der Waals surface area contributed by atoms with E-state index in [1.54, 1.807) is 7.11 Å². The van der Waals surface area contributed by atoms with Crippen LogP contribution in [0.25, 0.3) is 0 Å². The molecule has 4 nitrogen and oxygen atoms in total. The molecule has 1 amide bonds. The summed E-state index contributed by atoms with van der Waals surface area (Å²) in [4.78, 5) is 10.9. The molecule has 0 aliphatic carbocycles. The number of amides is 1. The van der Waals surface area contributed by atoms with Crippen molar-refractivity contribution >= 4 is 5.91 Å². The molecule has 0 aromatic heterocycles. The van der Waals surface area contributed by atoms with E-state index < -0.39 is 0 Å². The highest BCUT2D eigenvalue weighted by Crippen LogP contribution is 1.80. The Kier molecular flexibility index (Phi) is 5.78. The molecule has 0 heterocycles. The first kappa shape index (κ1) is 10.4. The van der Waals surface area contributed by atoms with Gasteiger partial charge in [0.2, 0.25) is 5.91 Å². The minimum Gasteiger partial charge on any atom is -0.384 e. The Hall–Kier alpha value is -0.610. The van der Waals surface area contributed by atoms with Gasteiger partial charge in [0.25, 0.3) is 0 Å². The lowest BCUT2D eigenvalue weighted by atomic mass is 10.3. The van der Waals surface area contributed by atoms with Crippen molar-refractivity contribution in [2.24, 2.45) is 5.73 Å². The molecule has 0 aliphatic rings. The predicted octanol–water partition coefficient (Wildman–Crippen LogP) is -0.514. The average Bonchev–Trinajstić information content (AvgIpc) is 1.97. The van der Waals surface area contributed by atoms with Crippen molar-refractivity contribution in [1.29, 1.82) is 0 Å². The van der Waals surface area contributed by atoms with Crippen molar-refractivity contribution in [3.63, 3.8) is 0 Å². The van der Waals surface area contributed by atoms with Gasteiger partial charge in [-0.2, -0.15) is 0 Å². The number of rotatable bonds is 5. The lowest BCUT2D eigenvalue weighted by molar-refractivity contribution is -0.122. The summed E-state index contributed by atoms with van der Waals surface area (Å²) in [6, 6.07) is 0.0153. The van der Waals surface area contributed by atoms with E-state index in [-0.39, 0.29) is 11.9 Å². The molecule has 1 atom stereocenters. The van der Waals surface area contributed by atoms with Crippen LogP contribution in [0.15, 0.2) is 0 Å². The summed E-state index contributed by atoms with van der Waals surface area (Å²) in [7, 11) is 1.57.